The molecule has 0 fully saturated rings. The lowest BCUT2D eigenvalue weighted by molar-refractivity contribution is -0.167. The van der Waals surface area contributed by atoms with Crippen LogP contribution in [0.5, 0.6) is 0 Å². The van der Waals surface area contributed by atoms with Crippen molar-refractivity contribution >= 4 is 17.9 Å². The van der Waals surface area contributed by atoms with Crippen LogP contribution in [0.2, 0.25) is 0 Å². The van der Waals surface area contributed by atoms with E-state index in [9.17, 15) is 14.4 Å². The van der Waals surface area contributed by atoms with E-state index in [0.717, 1.165) is 128 Å². The molecular weight excluding hydrogens is 853 g/mol. The van der Waals surface area contributed by atoms with Crippen LogP contribution >= 0.6 is 0 Å². The van der Waals surface area contributed by atoms with E-state index < -0.39 is 6.10 Å². The van der Waals surface area contributed by atoms with Gasteiger partial charge in [-0.1, -0.05) is 212 Å². The van der Waals surface area contributed by atoms with Gasteiger partial charge in [0.25, 0.3) is 0 Å². The van der Waals surface area contributed by atoms with Gasteiger partial charge in [-0.05, 0) is 128 Å². The van der Waals surface area contributed by atoms with E-state index in [-0.39, 0.29) is 37.5 Å². The highest BCUT2D eigenvalue weighted by molar-refractivity contribution is 5.71. The number of esters is 3. The summed E-state index contributed by atoms with van der Waals surface area (Å²) in [4.78, 5) is 38.1. The highest BCUT2D eigenvalue weighted by Crippen LogP contribution is 2.12. The largest absolute Gasteiger partial charge is 0.462 e. The summed E-state index contributed by atoms with van der Waals surface area (Å²) in [6, 6.07) is 0. The van der Waals surface area contributed by atoms with Gasteiger partial charge in [-0.15, -0.1) is 0 Å². The first-order valence-corrected chi connectivity index (χ1v) is 27.7. The zero-order chi connectivity index (χ0) is 50.0. The van der Waals surface area contributed by atoms with Crippen LogP contribution in [0.15, 0.2) is 134 Å². The van der Waals surface area contributed by atoms with Crippen LogP contribution in [0.25, 0.3) is 0 Å². The summed E-state index contributed by atoms with van der Waals surface area (Å²) < 4.78 is 16.8. The third-order valence-electron chi connectivity index (χ3n) is 11.1. The summed E-state index contributed by atoms with van der Waals surface area (Å²) in [5, 5.41) is 0. The van der Waals surface area contributed by atoms with E-state index >= 15 is 0 Å². The molecule has 0 unspecified atom stereocenters. The molecule has 0 saturated heterocycles. The molecule has 1 atom stereocenters. The Morgan fingerprint density at radius 1 is 0.304 bits per heavy atom. The number of hydrogen-bond donors (Lipinski definition) is 0. The van der Waals surface area contributed by atoms with E-state index in [1.54, 1.807) is 0 Å². The molecule has 0 bridgehead atoms. The minimum Gasteiger partial charge on any atom is -0.462 e. The monoisotopic (exact) mass is 953 g/mol. The van der Waals surface area contributed by atoms with Gasteiger partial charge in [-0.2, -0.15) is 0 Å². The molecule has 388 valence electrons. The molecule has 0 rings (SSSR count). The number of carbonyl (C=O) groups is 3. The molecule has 0 aliphatic rings. The van der Waals surface area contributed by atoms with Crippen molar-refractivity contribution < 1.29 is 28.6 Å². The van der Waals surface area contributed by atoms with E-state index in [2.05, 4.69) is 154 Å². The van der Waals surface area contributed by atoms with Gasteiger partial charge in [0.2, 0.25) is 0 Å². The first-order chi connectivity index (χ1) is 34.0. The smallest absolute Gasteiger partial charge is 0.306 e. The van der Waals surface area contributed by atoms with Crippen molar-refractivity contribution in [1.29, 1.82) is 0 Å². The van der Waals surface area contributed by atoms with E-state index in [4.69, 9.17) is 14.2 Å². The van der Waals surface area contributed by atoms with E-state index in [1.165, 1.54) is 51.4 Å². The summed E-state index contributed by atoms with van der Waals surface area (Å²) in [6.45, 7) is 6.31. The Morgan fingerprint density at radius 2 is 0.580 bits per heavy atom. The van der Waals surface area contributed by atoms with Crippen LogP contribution in [0.4, 0.5) is 0 Å². The quantitative estimate of drug-likeness (QED) is 0.0262. The van der Waals surface area contributed by atoms with Crippen molar-refractivity contribution in [1.82, 2.24) is 0 Å². The molecule has 69 heavy (non-hydrogen) atoms. The Balaban J connectivity index is 4.58. The lowest BCUT2D eigenvalue weighted by Gasteiger charge is -2.18. The molecule has 0 N–H and O–H groups in total. The van der Waals surface area contributed by atoms with E-state index in [0.29, 0.717) is 19.3 Å². The Kier molecular flexibility index (Phi) is 52.5. The number of allylic oxidation sites excluding steroid dienone is 22. The predicted molar refractivity (Wildman–Crippen MR) is 297 cm³/mol. The highest BCUT2D eigenvalue weighted by Gasteiger charge is 2.19. The normalized spacial score (nSPS) is 13.1. The van der Waals surface area contributed by atoms with Crippen molar-refractivity contribution in [2.75, 3.05) is 13.2 Å². The Bertz CT molecular complexity index is 1510. The van der Waals surface area contributed by atoms with Crippen LogP contribution in [0, 0.1) is 0 Å². The first-order valence-electron chi connectivity index (χ1n) is 27.7. The third-order valence-corrected chi connectivity index (χ3v) is 11.1. The lowest BCUT2D eigenvalue weighted by atomic mass is 10.1. The van der Waals surface area contributed by atoms with Gasteiger partial charge in [0.15, 0.2) is 6.10 Å². The first kappa shape index (κ1) is 64.5. The summed E-state index contributed by atoms with van der Waals surface area (Å²) in [5.41, 5.74) is 0. The average molecular weight is 953 g/mol. The second-order valence-electron chi connectivity index (χ2n) is 17.7. The molecule has 6 heteroatoms. The van der Waals surface area contributed by atoms with Crippen molar-refractivity contribution in [3.05, 3.63) is 134 Å². The number of unbranched alkanes of at least 4 members (excludes halogenated alkanes) is 15. The zero-order valence-corrected chi connectivity index (χ0v) is 44.3. The minimum atomic E-state index is -0.830. The van der Waals surface area contributed by atoms with Crippen molar-refractivity contribution in [3.8, 4) is 0 Å². The maximum absolute atomic E-state index is 12.8. The highest BCUT2D eigenvalue weighted by atomic mass is 16.6. The summed E-state index contributed by atoms with van der Waals surface area (Å²) >= 11 is 0. The lowest BCUT2D eigenvalue weighted by Crippen LogP contribution is -2.30. The molecule has 0 aromatic carbocycles. The van der Waals surface area contributed by atoms with Crippen molar-refractivity contribution in [3.63, 3.8) is 0 Å². The zero-order valence-electron chi connectivity index (χ0n) is 44.3. The van der Waals surface area contributed by atoms with Gasteiger partial charge in [0, 0.05) is 19.3 Å². The fourth-order valence-corrected chi connectivity index (χ4v) is 7.03. The minimum absolute atomic E-state index is 0.120. The molecule has 0 heterocycles. The Hall–Kier alpha value is -4.45. The Morgan fingerprint density at radius 3 is 0.957 bits per heavy atom. The molecule has 0 aromatic rings. The summed E-state index contributed by atoms with van der Waals surface area (Å²) in [6.07, 6.45) is 78.7. The summed E-state index contributed by atoms with van der Waals surface area (Å²) in [5.74, 6) is -1.03. The maximum atomic E-state index is 12.8. The van der Waals surface area contributed by atoms with Crippen molar-refractivity contribution in [2.24, 2.45) is 0 Å². The van der Waals surface area contributed by atoms with Gasteiger partial charge in [-0.25, -0.2) is 0 Å². The predicted octanol–water partition coefficient (Wildman–Crippen LogP) is 18.6. The Labute approximate surface area is 424 Å². The van der Waals surface area contributed by atoms with Crippen LogP contribution < -0.4 is 0 Å². The van der Waals surface area contributed by atoms with Crippen LogP contribution in [0.3, 0.4) is 0 Å². The number of rotatable bonds is 48. The molecule has 0 aliphatic carbocycles. The second kappa shape index (κ2) is 56.1. The molecule has 0 amide bonds. The number of ether oxygens (including phenoxy) is 3. The molecule has 0 spiro atoms. The molecule has 0 saturated carbocycles. The number of carbonyl (C=O) groups excluding carboxylic acids is 3. The van der Waals surface area contributed by atoms with Gasteiger partial charge >= 0.3 is 17.9 Å². The standard InChI is InChI=1S/C63H100O6/c1-4-7-10-13-16-19-22-25-28-30-31-33-35-38-41-44-47-50-53-56-62(65)68-59-60(58-67-61(64)55-52-49-46-43-40-37-34-27-24-21-18-15-12-9-6-3)69-63(66)57-54-51-48-45-42-39-36-32-29-26-23-20-17-14-11-8-5-2/h7-8,10-11,16-17,19-20,25-29,31,33-34,36,38-39,41,45,48,60H,4-6,9,12-15,18,21-24,30,32,35,37,40,42-44,46-47,49-59H2,1-3H3/b10-7-,11-8-,19-16-,20-17-,28-25-,29-26-,33-31-,34-27-,39-36-,41-38-,48-45-/t60-/m0/s1. The van der Waals surface area contributed by atoms with Crippen molar-refractivity contribution in [2.45, 2.75) is 232 Å². The molecular formula is C63H100O6. The van der Waals surface area contributed by atoms with Gasteiger partial charge in [0.1, 0.15) is 13.2 Å². The fraction of sp³-hybridized carbons (Fsp3) is 0.603. The van der Waals surface area contributed by atoms with Gasteiger partial charge < -0.3 is 14.2 Å². The second-order valence-corrected chi connectivity index (χ2v) is 17.7. The van der Waals surface area contributed by atoms with E-state index in [1.807, 2.05) is 0 Å². The topological polar surface area (TPSA) is 78.9 Å². The maximum Gasteiger partial charge on any atom is 0.306 e. The van der Waals surface area contributed by atoms with Crippen LogP contribution in [0.1, 0.15) is 226 Å². The van der Waals surface area contributed by atoms with Crippen LogP contribution in [-0.4, -0.2) is 37.2 Å². The molecule has 0 aliphatic heterocycles. The third kappa shape index (κ3) is 54.4. The fourth-order valence-electron chi connectivity index (χ4n) is 7.03. The number of hydrogen-bond acceptors (Lipinski definition) is 6. The summed E-state index contributed by atoms with van der Waals surface area (Å²) in [7, 11) is 0. The molecule has 0 radical (unpaired) electrons. The molecule has 6 nitrogen and oxygen atoms in total. The molecule has 0 aromatic heterocycles. The van der Waals surface area contributed by atoms with Gasteiger partial charge in [0.05, 0.1) is 0 Å². The van der Waals surface area contributed by atoms with Crippen LogP contribution in [-0.2, 0) is 28.6 Å². The SMILES string of the molecule is CC/C=C\C/C=C\C/C=C\C/C=C\C/C=C\CCCCCC(=O)OC[C@H](COC(=O)CCCCCCC/C=C\CCCCCCCC)OC(=O)CCC/C=C\C/C=C\C/C=C\C/C=C\C/C=C\CC. The van der Waals surface area contributed by atoms with Gasteiger partial charge in [-0.3, -0.25) is 14.4 Å². The average Bonchev–Trinajstić information content (AvgIpc) is 3.35.